The Morgan fingerprint density at radius 3 is 2.89 bits per heavy atom. The molecule has 0 saturated carbocycles. The van der Waals surface area contributed by atoms with Crippen molar-refractivity contribution in [2.24, 2.45) is 11.1 Å². The highest BCUT2D eigenvalue weighted by Crippen LogP contribution is 2.31. The summed E-state index contributed by atoms with van der Waals surface area (Å²) in [4.78, 5) is 2.30. The van der Waals surface area contributed by atoms with Crippen molar-refractivity contribution < 1.29 is 4.74 Å². The Labute approximate surface area is 120 Å². The average molecular weight is 283 g/mol. The van der Waals surface area contributed by atoms with Crippen LogP contribution in [0.2, 0.25) is 5.02 Å². The molecule has 1 heterocycles. The maximum absolute atomic E-state index is 6.00. The zero-order chi connectivity index (χ0) is 14.0. The van der Waals surface area contributed by atoms with E-state index in [0.29, 0.717) is 6.54 Å². The smallest absolute Gasteiger partial charge is 0.123 e. The molecule has 1 aliphatic heterocycles. The second-order valence-corrected chi connectivity index (χ2v) is 6.70. The third-order valence-electron chi connectivity index (χ3n) is 3.53. The number of benzene rings is 1. The summed E-state index contributed by atoms with van der Waals surface area (Å²) >= 11 is 6.00. The molecule has 106 valence electrons. The predicted octanol–water partition coefficient (Wildman–Crippen LogP) is 2.56. The monoisotopic (exact) mass is 282 g/mol. The number of nitrogens with zero attached hydrogens (tertiary/aromatic N) is 1. The summed E-state index contributed by atoms with van der Waals surface area (Å²) in [5.41, 5.74) is 7.13. The Kier molecular flexibility index (Phi) is 4.39. The first-order chi connectivity index (χ1) is 8.89. The second-order valence-electron chi connectivity index (χ2n) is 6.26. The summed E-state index contributed by atoms with van der Waals surface area (Å²) in [5, 5.41) is 0.778. The maximum Gasteiger partial charge on any atom is 0.123 e. The van der Waals surface area contributed by atoms with Crippen molar-refractivity contribution in [3.63, 3.8) is 0 Å². The van der Waals surface area contributed by atoms with Crippen LogP contribution in [0.4, 0.5) is 0 Å². The minimum Gasteiger partial charge on any atom is -0.488 e. The van der Waals surface area contributed by atoms with Crippen LogP contribution in [-0.4, -0.2) is 37.7 Å². The number of hydrogen-bond donors (Lipinski definition) is 1. The molecule has 0 amide bonds. The maximum atomic E-state index is 6.00. The van der Waals surface area contributed by atoms with E-state index in [1.54, 1.807) is 0 Å². The van der Waals surface area contributed by atoms with Gasteiger partial charge in [-0.2, -0.15) is 0 Å². The third kappa shape index (κ3) is 3.85. The molecular formula is C15H23ClN2O. The fourth-order valence-corrected chi connectivity index (χ4v) is 2.79. The van der Waals surface area contributed by atoms with Crippen LogP contribution in [0, 0.1) is 5.41 Å². The van der Waals surface area contributed by atoms with Gasteiger partial charge >= 0.3 is 0 Å². The number of hydrogen-bond acceptors (Lipinski definition) is 3. The van der Waals surface area contributed by atoms with E-state index in [2.05, 4.69) is 25.8 Å². The van der Waals surface area contributed by atoms with Crippen LogP contribution in [0.15, 0.2) is 18.2 Å². The van der Waals surface area contributed by atoms with Crippen molar-refractivity contribution >= 4 is 11.6 Å². The van der Waals surface area contributed by atoms with Gasteiger partial charge in [-0.25, -0.2) is 0 Å². The van der Waals surface area contributed by atoms with Crippen molar-refractivity contribution in [2.45, 2.75) is 26.4 Å². The van der Waals surface area contributed by atoms with Gasteiger partial charge in [0.2, 0.25) is 0 Å². The molecule has 1 atom stereocenters. The van der Waals surface area contributed by atoms with Crippen LogP contribution in [0.1, 0.15) is 19.4 Å². The van der Waals surface area contributed by atoms with Gasteiger partial charge in [-0.05, 0) is 42.8 Å². The normalized spacial score (nSPS) is 18.5. The van der Waals surface area contributed by atoms with E-state index in [9.17, 15) is 0 Å². The highest BCUT2D eigenvalue weighted by Gasteiger charge is 2.26. The zero-order valence-corrected chi connectivity index (χ0v) is 12.7. The Morgan fingerprint density at radius 1 is 1.47 bits per heavy atom. The molecule has 0 aromatic heterocycles. The molecule has 1 aromatic rings. The van der Waals surface area contributed by atoms with Crippen LogP contribution in [0.25, 0.3) is 0 Å². The van der Waals surface area contributed by atoms with E-state index >= 15 is 0 Å². The topological polar surface area (TPSA) is 38.5 Å². The largest absolute Gasteiger partial charge is 0.488 e. The van der Waals surface area contributed by atoms with Crippen LogP contribution in [0.3, 0.4) is 0 Å². The van der Waals surface area contributed by atoms with Crippen molar-refractivity contribution in [3.8, 4) is 5.75 Å². The summed E-state index contributed by atoms with van der Waals surface area (Å²) in [5.74, 6) is 0.973. The first kappa shape index (κ1) is 14.6. The molecule has 0 fully saturated rings. The average Bonchev–Trinajstić information content (AvgIpc) is 2.69. The number of halogens is 1. The lowest BCUT2D eigenvalue weighted by molar-refractivity contribution is 0.138. The Balaban J connectivity index is 1.90. The van der Waals surface area contributed by atoms with Gasteiger partial charge in [-0.15, -0.1) is 0 Å². The molecule has 0 saturated heterocycles. The molecule has 19 heavy (non-hydrogen) atoms. The van der Waals surface area contributed by atoms with Gasteiger partial charge in [0.05, 0.1) is 0 Å². The predicted molar refractivity (Wildman–Crippen MR) is 79.9 cm³/mol. The van der Waals surface area contributed by atoms with E-state index in [4.69, 9.17) is 22.1 Å². The Morgan fingerprint density at radius 2 is 2.21 bits per heavy atom. The fourth-order valence-electron chi connectivity index (χ4n) is 2.60. The van der Waals surface area contributed by atoms with E-state index in [0.717, 1.165) is 30.3 Å². The molecule has 2 rings (SSSR count). The van der Waals surface area contributed by atoms with Gasteiger partial charge in [-0.1, -0.05) is 25.4 Å². The molecule has 3 nitrogen and oxygen atoms in total. The Bertz CT molecular complexity index is 448. The van der Waals surface area contributed by atoms with Gasteiger partial charge in [0.15, 0.2) is 0 Å². The second kappa shape index (κ2) is 5.70. The first-order valence-electron chi connectivity index (χ1n) is 6.73. The van der Waals surface area contributed by atoms with Crippen LogP contribution >= 0.6 is 11.6 Å². The number of likely N-dealkylation sites (N-methyl/N-ethyl adjacent to an activating group) is 1. The number of nitrogens with two attached hydrogens (primary N) is 1. The minimum absolute atomic E-state index is 0.142. The van der Waals surface area contributed by atoms with E-state index in [-0.39, 0.29) is 11.5 Å². The molecule has 1 aliphatic rings. The van der Waals surface area contributed by atoms with E-state index < -0.39 is 0 Å². The van der Waals surface area contributed by atoms with Crippen molar-refractivity contribution in [3.05, 3.63) is 28.8 Å². The van der Waals surface area contributed by atoms with Crippen molar-refractivity contribution in [1.82, 2.24) is 4.90 Å². The molecule has 0 aliphatic carbocycles. The molecule has 0 spiro atoms. The van der Waals surface area contributed by atoms with Gasteiger partial charge < -0.3 is 15.4 Å². The van der Waals surface area contributed by atoms with Crippen LogP contribution in [-0.2, 0) is 6.42 Å². The standard InChI is InChI=1S/C15H23ClN2O/c1-15(2,9-17)10-18(3)8-13-7-11-6-12(16)4-5-14(11)19-13/h4-6,13H,7-10,17H2,1-3H3. The van der Waals surface area contributed by atoms with Crippen LogP contribution < -0.4 is 10.5 Å². The van der Waals surface area contributed by atoms with E-state index in [1.807, 2.05) is 18.2 Å². The molecule has 1 aromatic carbocycles. The number of ether oxygens (including phenoxy) is 1. The lowest BCUT2D eigenvalue weighted by atomic mass is 9.93. The van der Waals surface area contributed by atoms with Crippen molar-refractivity contribution in [1.29, 1.82) is 0 Å². The molecular weight excluding hydrogens is 260 g/mol. The van der Waals surface area contributed by atoms with E-state index in [1.165, 1.54) is 5.56 Å². The highest BCUT2D eigenvalue weighted by molar-refractivity contribution is 6.30. The van der Waals surface area contributed by atoms with Gasteiger partial charge in [0.1, 0.15) is 11.9 Å². The molecule has 2 N–H and O–H groups in total. The van der Waals surface area contributed by atoms with Crippen LogP contribution in [0.5, 0.6) is 5.75 Å². The lowest BCUT2D eigenvalue weighted by Crippen LogP contribution is -2.41. The summed E-state index contributed by atoms with van der Waals surface area (Å²) in [7, 11) is 2.12. The lowest BCUT2D eigenvalue weighted by Gasteiger charge is -2.30. The first-order valence-corrected chi connectivity index (χ1v) is 7.11. The Hall–Kier alpha value is -0.770. The molecule has 1 unspecified atom stereocenters. The number of fused-ring (bicyclic) bond motifs is 1. The quantitative estimate of drug-likeness (QED) is 0.902. The van der Waals surface area contributed by atoms with Gasteiger partial charge in [0.25, 0.3) is 0 Å². The summed E-state index contributed by atoms with van der Waals surface area (Å²) < 4.78 is 5.95. The van der Waals surface area contributed by atoms with Gasteiger partial charge in [-0.3, -0.25) is 0 Å². The summed E-state index contributed by atoms with van der Waals surface area (Å²) in [6, 6.07) is 5.84. The fraction of sp³-hybridized carbons (Fsp3) is 0.600. The third-order valence-corrected chi connectivity index (χ3v) is 3.76. The zero-order valence-electron chi connectivity index (χ0n) is 11.9. The highest BCUT2D eigenvalue weighted by atomic mass is 35.5. The molecule has 4 heteroatoms. The SMILES string of the molecule is CN(CC1Cc2cc(Cl)ccc2O1)CC(C)(C)CN. The molecule has 0 radical (unpaired) electrons. The molecule has 0 bridgehead atoms. The van der Waals surface area contributed by atoms with Crippen molar-refractivity contribution in [2.75, 3.05) is 26.7 Å². The summed E-state index contributed by atoms with van der Waals surface area (Å²) in [6.45, 7) is 6.95. The summed E-state index contributed by atoms with van der Waals surface area (Å²) in [6.07, 6.45) is 1.15. The minimum atomic E-state index is 0.142. The number of rotatable bonds is 5. The van der Waals surface area contributed by atoms with Gasteiger partial charge in [0, 0.05) is 24.5 Å².